The van der Waals surface area contributed by atoms with E-state index in [1.165, 1.54) is 25.7 Å². The maximum Gasteiger partial charge on any atom is 0.356 e. The third kappa shape index (κ3) is 2.78. The van der Waals surface area contributed by atoms with E-state index >= 15 is 0 Å². The number of pyridine rings is 1. The van der Waals surface area contributed by atoms with Crippen LogP contribution in [0, 0.1) is 6.92 Å². The topological polar surface area (TPSA) is 57.8 Å². The fraction of sp³-hybridized carbons (Fsp3) is 0.500. The van der Waals surface area contributed by atoms with Crippen LogP contribution in [0.3, 0.4) is 0 Å². The highest BCUT2D eigenvalue weighted by molar-refractivity contribution is 5.93. The zero-order valence-corrected chi connectivity index (χ0v) is 12.4. The minimum atomic E-state index is -0.958. The smallest absolute Gasteiger partial charge is 0.356 e. The number of carboxylic acids is 1. The van der Waals surface area contributed by atoms with Gasteiger partial charge in [0.25, 0.3) is 0 Å². The van der Waals surface area contributed by atoms with Crippen LogP contribution in [0.5, 0.6) is 0 Å². The van der Waals surface area contributed by atoms with Crippen LogP contribution in [0.4, 0.5) is 0 Å². The van der Waals surface area contributed by atoms with Crippen molar-refractivity contribution in [2.45, 2.75) is 39.2 Å². The van der Waals surface area contributed by atoms with Crippen molar-refractivity contribution in [2.75, 3.05) is 13.1 Å². The zero-order valence-electron chi connectivity index (χ0n) is 12.4. The van der Waals surface area contributed by atoms with Crippen LogP contribution in [0.25, 0.3) is 5.52 Å². The van der Waals surface area contributed by atoms with Crippen LogP contribution in [-0.4, -0.2) is 38.4 Å². The SMILES string of the molecule is Cc1cccc2c(C(=O)O)nc(CN3CCCCCC3)n12. The number of nitrogens with zero attached hydrogens (tertiary/aromatic N) is 3. The summed E-state index contributed by atoms with van der Waals surface area (Å²) in [6, 6.07) is 5.70. The molecule has 3 rings (SSSR count). The van der Waals surface area contributed by atoms with Gasteiger partial charge in [0.2, 0.25) is 0 Å². The van der Waals surface area contributed by atoms with Gasteiger partial charge < -0.3 is 5.11 Å². The Kier molecular flexibility index (Phi) is 3.92. The largest absolute Gasteiger partial charge is 0.476 e. The van der Waals surface area contributed by atoms with E-state index in [0.717, 1.165) is 31.2 Å². The highest BCUT2D eigenvalue weighted by Gasteiger charge is 2.19. The molecule has 5 heteroatoms. The van der Waals surface area contributed by atoms with Crippen LogP contribution in [0.2, 0.25) is 0 Å². The maximum atomic E-state index is 11.4. The minimum absolute atomic E-state index is 0.156. The average Bonchev–Trinajstić information content (AvgIpc) is 2.64. The summed E-state index contributed by atoms with van der Waals surface area (Å²) in [4.78, 5) is 18.2. The van der Waals surface area contributed by atoms with E-state index in [0.29, 0.717) is 5.52 Å². The van der Waals surface area contributed by atoms with Gasteiger partial charge in [0.1, 0.15) is 5.82 Å². The van der Waals surface area contributed by atoms with E-state index in [2.05, 4.69) is 9.88 Å². The van der Waals surface area contributed by atoms with Gasteiger partial charge in [-0.1, -0.05) is 18.9 Å². The van der Waals surface area contributed by atoms with Gasteiger partial charge in [0.05, 0.1) is 12.1 Å². The van der Waals surface area contributed by atoms with Crippen molar-refractivity contribution in [1.29, 1.82) is 0 Å². The number of aromatic nitrogens is 2. The molecule has 0 amide bonds. The van der Waals surface area contributed by atoms with Gasteiger partial charge in [0, 0.05) is 5.69 Å². The van der Waals surface area contributed by atoms with Gasteiger partial charge in [-0.2, -0.15) is 0 Å². The molecule has 3 heterocycles. The van der Waals surface area contributed by atoms with E-state index in [1.807, 2.05) is 29.5 Å². The molecule has 2 aromatic rings. The molecule has 112 valence electrons. The first kappa shape index (κ1) is 14.1. The average molecular weight is 287 g/mol. The van der Waals surface area contributed by atoms with E-state index < -0.39 is 5.97 Å². The summed E-state index contributed by atoms with van der Waals surface area (Å²) in [5, 5.41) is 9.35. The molecule has 0 radical (unpaired) electrons. The molecule has 1 saturated heterocycles. The Hall–Kier alpha value is -1.88. The first-order valence-electron chi connectivity index (χ1n) is 7.59. The van der Waals surface area contributed by atoms with Crippen molar-refractivity contribution in [3.8, 4) is 0 Å². The quantitative estimate of drug-likeness (QED) is 0.943. The molecule has 0 spiro atoms. The summed E-state index contributed by atoms with van der Waals surface area (Å²) in [6.45, 7) is 4.86. The fourth-order valence-corrected chi connectivity index (χ4v) is 3.14. The molecule has 0 atom stereocenters. The van der Waals surface area contributed by atoms with Crippen molar-refractivity contribution in [3.05, 3.63) is 35.4 Å². The van der Waals surface area contributed by atoms with Crippen LogP contribution in [-0.2, 0) is 6.54 Å². The highest BCUT2D eigenvalue weighted by Crippen LogP contribution is 2.19. The summed E-state index contributed by atoms with van der Waals surface area (Å²) in [6.07, 6.45) is 5.01. The Morgan fingerprint density at radius 2 is 1.95 bits per heavy atom. The second-order valence-electron chi connectivity index (χ2n) is 5.76. The molecule has 21 heavy (non-hydrogen) atoms. The van der Waals surface area contributed by atoms with Crippen molar-refractivity contribution in [3.63, 3.8) is 0 Å². The number of hydrogen-bond donors (Lipinski definition) is 1. The number of likely N-dealkylation sites (tertiary alicyclic amines) is 1. The predicted molar refractivity (Wildman–Crippen MR) is 80.6 cm³/mol. The molecule has 1 aliphatic heterocycles. The molecule has 5 nitrogen and oxygen atoms in total. The third-order valence-electron chi connectivity index (χ3n) is 4.19. The van der Waals surface area contributed by atoms with Crippen molar-refractivity contribution in [2.24, 2.45) is 0 Å². The van der Waals surface area contributed by atoms with Gasteiger partial charge in [-0.15, -0.1) is 0 Å². The summed E-state index contributed by atoms with van der Waals surface area (Å²) in [5.74, 6) is -0.123. The van der Waals surface area contributed by atoms with E-state index in [-0.39, 0.29) is 5.69 Å². The molecule has 2 aromatic heterocycles. The van der Waals surface area contributed by atoms with Gasteiger partial charge in [-0.3, -0.25) is 9.30 Å². The zero-order chi connectivity index (χ0) is 14.8. The lowest BCUT2D eigenvalue weighted by Crippen LogP contribution is -2.25. The Balaban J connectivity index is 1.99. The second-order valence-corrected chi connectivity index (χ2v) is 5.76. The summed E-state index contributed by atoms with van der Waals surface area (Å²) in [7, 11) is 0. The lowest BCUT2D eigenvalue weighted by Gasteiger charge is -2.19. The van der Waals surface area contributed by atoms with Crippen molar-refractivity contribution < 1.29 is 9.90 Å². The van der Waals surface area contributed by atoms with E-state index in [4.69, 9.17) is 0 Å². The number of aryl methyl sites for hydroxylation is 1. The van der Waals surface area contributed by atoms with Crippen LogP contribution >= 0.6 is 0 Å². The highest BCUT2D eigenvalue weighted by atomic mass is 16.4. The standard InChI is InChI=1S/C16H21N3O2/c1-12-7-6-8-13-15(16(20)21)17-14(19(12)13)11-18-9-4-2-3-5-10-18/h6-8H,2-5,9-11H2,1H3,(H,20,21). The number of aromatic carboxylic acids is 1. The lowest BCUT2D eigenvalue weighted by atomic mass is 10.2. The molecule has 0 saturated carbocycles. The van der Waals surface area contributed by atoms with E-state index in [1.54, 1.807) is 0 Å². The summed E-state index contributed by atoms with van der Waals surface area (Å²) in [5.41, 5.74) is 1.87. The summed E-state index contributed by atoms with van der Waals surface area (Å²) >= 11 is 0. The van der Waals surface area contributed by atoms with Crippen LogP contribution in [0.1, 0.15) is 47.7 Å². The van der Waals surface area contributed by atoms with E-state index in [9.17, 15) is 9.90 Å². The molecular weight excluding hydrogens is 266 g/mol. The van der Waals surface area contributed by atoms with Crippen LogP contribution < -0.4 is 0 Å². The third-order valence-corrected chi connectivity index (χ3v) is 4.19. The Morgan fingerprint density at radius 3 is 2.62 bits per heavy atom. The molecule has 1 aliphatic rings. The number of fused-ring (bicyclic) bond motifs is 1. The number of imidazole rings is 1. The minimum Gasteiger partial charge on any atom is -0.476 e. The molecule has 0 unspecified atom stereocenters. The predicted octanol–water partition coefficient (Wildman–Crippen LogP) is 2.72. The second kappa shape index (κ2) is 5.85. The first-order chi connectivity index (χ1) is 10.2. The van der Waals surface area contributed by atoms with Crippen molar-refractivity contribution >= 4 is 11.5 Å². The van der Waals surface area contributed by atoms with Gasteiger partial charge in [-0.25, -0.2) is 9.78 Å². The van der Waals surface area contributed by atoms with Crippen LogP contribution in [0.15, 0.2) is 18.2 Å². The molecule has 0 bridgehead atoms. The van der Waals surface area contributed by atoms with Crippen molar-refractivity contribution in [1.82, 2.24) is 14.3 Å². The molecule has 0 aromatic carbocycles. The Morgan fingerprint density at radius 1 is 1.24 bits per heavy atom. The number of rotatable bonds is 3. The lowest BCUT2D eigenvalue weighted by molar-refractivity contribution is 0.0693. The molecular formula is C16H21N3O2. The first-order valence-corrected chi connectivity index (χ1v) is 7.59. The Bertz CT molecular complexity index is 655. The molecule has 1 N–H and O–H groups in total. The number of carbonyl (C=O) groups is 1. The summed E-state index contributed by atoms with van der Waals surface area (Å²) < 4.78 is 1.98. The fourth-order valence-electron chi connectivity index (χ4n) is 3.14. The molecule has 1 fully saturated rings. The van der Waals surface area contributed by atoms with Gasteiger partial charge >= 0.3 is 5.97 Å². The monoisotopic (exact) mass is 287 g/mol. The van der Waals surface area contributed by atoms with Gasteiger partial charge in [0.15, 0.2) is 5.69 Å². The normalized spacial score (nSPS) is 17.0. The Labute approximate surface area is 124 Å². The number of carboxylic acid groups (broad SMARTS) is 1. The maximum absolute atomic E-state index is 11.4. The molecule has 0 aliphatic carbocycles. The number of hydrogen-bond acceptors (Lipinski definition) is 3. The van der Waals surface area contributed by atoms with Gasteiger partial charge in [-0.05, 0) is 45.0 Å².